The number of guanidine groups is 1. The van der Waals surface area contributed by atoms with E-state index in [0.29, 0.717) is 12.3 Å². The van der Waals surface area contributed by atoms with Crippen LogP contribution in [0.2, 0.25) is 0 Å². The third kappa shape index (κ3) is 5.19. The molecule has 1 unspecified atom stereocenters. The molecule has 3 N–H and O–H groups in total. The molecule has 7 heteroatoms. The van der Waals surface area contributed by atoms with Gasteiger partial charge in [-0.15, -0.1) is 24.0 Å². The number of ether oxygens (including phenoxy) is 2. The van der Waals surface area contributed by atoms with Gasteiger partial charge in [0.15, 0.2) is 17.5 Å². The van der Waals surface area contributed by atoms with Crippen LogP contribution in [0.1, 0.15) is 56.2 Å². The molecule has 1 spiro atoms. The van der Waals surface area contributed by atoms with Gasteiger partial charge in [-0.25, -0.2) is 4.99 Å². The van der Waals surface area contributed by atoms with E-state index in [4.69, 9.17) is 14.5 Å². The number of nitrogens with one attached hydrogen (secondary N) is 2. The van der Waals surface area contributed by atoms with Crippen molar-refractivity contribution in [2.24, 2.45) is 4.99 Å². The number of hydrogen-bond donors (Lipinski definition) is 3. The molecule has 1 saturated carbocycles. The number of aromatic hydroxyl groups is 1. The van der Waals surface area contributed by atoms with Gasteiger partial charge in [0.05, 0.1) is 19.7 Å². The lowest BCUT2D eigenvalue weighted by Crippen LogP contribution is -2.46. The predicted molar refractivity (Wildman–Crippen MR) is 134 cm³/mol. The van der Waals surface area contributed by atoms with Gasteiger partial charge in [-0.05, 0) is 44.7 Å². The molecule has 0 saturated heterocycles. The standard InChI is InChI=1S/C24H31N3O3.HI/c1-3-25-23(26-16-17-9-8-12-21(29-2)22(17)28)27-19-15-24(13-6-7-14-24)30-20-11-5-4-10-18(19)20;/h4-5,8-12,19,28H,3,6-7,13-16H2,1-2H3,(H2,25,26,27);1H. The zero-order chi connectivity index (χ0) is 21.0. The molecule has 0 radical (unpaired) electrons. The highest BCUT2D eigenvalue weighted by molar-refractivity contribution is 14.0. The molecular formula is C24H32IN3O3. The zero-order valence-corrected chi connectivity index (χ0v) is 20.5. The highest BCUT2D eigenvalue weighted by atomic mass is 127. The summed E-state index contributed by atoms with van der Waals surface area (Å²) in [5.41, 5.74) is 1.82. The Morgan fingerprint density at radius 1 is 1.19 bits per heavy atom. The number of fused-ring (bicyclic) bond motifs is 1. The van der Waals surface area contributed by atoms with Gasteiger partial charge in [0, 0.05) is 24.1 Å². The molecule has 1 aliphatic carbocycles. The van der Waals surface area contributed by atoms with Gasteiger partial charge in [0.25, 0.3) is 0 Å². The Labute approximate surface area is 201 Å². The second kappa shape index (κ2) is 10.4. The van der Waals surface area contributed by atoms with Crippen LogP contribution in [-0.2, 0) is 6.54 Å². The van der Waals surface area contributed by atoms with E-state index in [-0.39, 0.29) is 41.4 Å². The molecule has 6 nitrogen and oxygen atoms in total. The second-order valence-electron chi connectivity index (χ2n) is 8.09. The Morgan fingerprint density at radius 2 is 1.97 bits per heavy atom. The summed E-state index contributed by atoms with van der Waals surface area (Å²) in [5, 5.41) is 17.3. The third-order valence-electron chi connectivity index (χ3n) is 6.08. The van der Waals surface area contributed by atoms with E-state index in [9.17, 15) is 5.11 Å². The van der Waals surface area contributed by atoms with E-state index in [1.807, 2.05) is 18.2 Å². The summed E-state index contributed by atoms with van der Waals surface area (Å²) in [6, 6.07) is 13.9. The van der Waals surface area contributed by atoms with Crippen molar-refractivity contribution in [3.05, 3.63) is 53.6 Å². The summed E-state index contributed by atoms with van der Waals surface area (Å²) < 4.78 is 11.7. The summed E-state index contributed by atoms with van der Waals surface area (Å²) in [6.45, 7) is 3.16. The number of nitrogens with zero attached hydrogens (tertiary/aromatic N) is 1. The Kier molecular flexibility index (Phi) is 7.91. The van der Waals surface area contributed by atoms with Crippen molar-refractivity contribution in [1.29, 1.82) is 0 Å². The van der Waals surface area contributed by atoms with Crippen molar-refractivity contribution in [3.8, 4) is 17.2 Å². The van der Waals surface area contributed by atoms with Crippen molar-refractivity contribution in [1.82, 2.24) is 10.6 Å². The van der Waals surface area contributed by atoms with Crippen LogP contribution >= 0.6 is 24.0 Å². The van der Waals surface area contributed by atoms with Gasteiger partial charge < -0.3 is 25.2 Å². The average molecular weight is 537 g/mol. The van der Waals surface area contributed by atoms with Gasteiger partial charge in [-0.3, -0.25) is 0 Å². The quantitative estimate of drug-likeness (QED) is 0.287. The number of hydrogen-bond acceptors (Lipinski definition) is 4. The normalized spacial score (nSPS) is 19.2. The maximum atomic E-state index is 10.4. The van der Waals surface area contributed by atoms with Crippen LogP contribution in [-0.4, -0.2) is 30.3 Å². The summed E-state index contributed by atoms with van der Waals surface area (Å²) in [7, 11) is 1.55. The first-order chi connectivity index (χ1) is 14.6. The van der Waals surface area contributed by atoms with Crippen LogP contribution < -0.4 is 20.1 Å². The summed E-state index contributed by atoms with van der Waals surface area (Å²) >= 11 is 0. The fourth-order valence-corrected chi connectivity index (χ4v) is 4.58. The van der Waals surface area contributed by atoms with Crippen molar-refractivity contribution in [3.63, 3.8) is 0 Å². The molecule has 1 atom stereocenters. The van der Waals surface area contributed by atoms with Crippen LogP contribution in [0.3, 0.4) is 0 Å². The first-order valence-corrected chi connectivity index (χ1v) is 10.8. The second-order valence-corrected chi connectivity index (χ2v) is 8.09. The SMILES string of the molecule is CCNC(=NCc1cccc(OC)c1O)NC1CC2(CCCC2)Oc2ccccc21.I. The largest absolute Gasteiger partial charge is 0.504 e. The van der Waals surface area contributed by atoms with Crippen LogP contribution in [0.15, 0.2) is 47.5 Å². The van der Waals surface area contributed by atoms with Crippen molar-refractivity contribution >= 4 is 29.9 Å². The molecular weight excluding hydrogens is 505 g/mol. The highest BCUT2D eigenvalue weighted by Crippen LogP contribution is 2.47. The number of phenols is 1. The van der Waals surface area contributed by atoms with Gasteiger partial charge in [-0.2, -0.15) is 0 Å². The molecule has 1 fully saturated rings. The lowest BCUT2D eigenvalue weighted by atomic mass is 9.86. The Bertz CT molecular complexity index is 913. The number of methoxy groups -OCH3 is 1. The minimum Gasteiger partial charge on any atom is -0.504 e. The minimum absolute atomic E-state index is 0. The maximum Gasteiger partial charge on any atom is 0.192 e. The van der Waals surface area contributed by atoms with Crippen LogP contribution in [0.25, 0.3) is 0 Å². The maximum absolute atomic E-state index is 10.4. The van der Waals surface area contributed by atoms with Gasteiger partial charge >= 0.3 is 0 Å². The number of halogens is 1. The first kappa shape index (κ1) is 23.5. The number of benzene rings is 2. The monoisotopic (exact) mass is 537 g/mol. The lowest BCUT2D eigenvalue weighted by molar-refractivity contribution is 0.0396. The average Bonchev–Trinajstić information content (AvgIpc) is 3.20. The third-order valence-corrected chi connectivity index (χ3v) is 6.08. The number of rotatable bonds is 5. The van der Waals surface area contributed by atoms with Crippen molar-refractivity contribution in [2.75, 3.05) is 13.7 Å². The van der Waals surface area contributed by atoms with Gasteiger partial charge in [0.2, 0.25) is 0 Å². The Morgan fingerprint density at radius 3 is 2.71 bits per heavy atom. The van der Waals surface area contributed by atoms with E-state index in [1.165, 1.54) is 18.4 Å². The van der Waals surface area contributed by atoms with Crippen molar-refractivity contribution in [2.45, 2.75) is 57.2 Å². The molecule has 0 aromatic heterocycles. The first-order valence-electron chi connectivity index (χ1n) is 10.8. The minimum atomic E-state index is -0.0750. The smallest absolute Gasteiger partial charge is 0.192 e. The van der Waals surface area contributed by atoms with E-state index >= 15 is 0 Å². The van der Waals surface area contributed by atoms with Crippen LogP contribution in [0.4, 0.5) is 0 Å². The number of phenolic OH excluding ortho intramolecular Hbond substituents is 1. The molecule has 31 heavy (non-hydrogen) atoms. The molecule has 2 aliphatic rings. The fourth-order valence-electron chi connectivity index (χ4n) is 4.58. The summed E-state index contributed by atoms with van der Waals surface area (Å²) in [5.74, 6) is 2.31. The van der Waals surface area contributed by atoms with E-state index in [1.54, 1.807) is 13.2 Å². The van der Waals surface area contributed by atoms with Gasteiger partial charge in [0.1, 0.15) is 11.4 Å². The lowest BCUT2D eigenvalue weighted by Gasteiger charge is -2.40. The topological polar surface area (TPSA) is 75.1 Å². The molecule has 168 valence electrons. The molecule has 1 aliphatic heterocycles. The van der Waals surface area contributed by atoms with Gasteiger partial charge in [-0.1, -0.05) is 30.3 Å². The highest BCUT2D eigenvalue weighted by Gasteiger charge is 2.43. The molecule has 0 amide bonds. The van der Waals surface area contributed by atoms with E-state index in [2.05, 4.69) is 35.8 Å². The van der Waals surface area contributed by atoms with E-state index in [0.717, 1.165) is 43.1 Å². The molecule has 4 rings (SSSR count). The number of aliphatic imine (C=N–C) groups is 1. The Balaban J connectivity index is 0.00000272. The van der Waals surface area contributed by atoms with E-state index < -0.39 is 0 Å². The Hall–Kier alpha value is -2.16. The summed E-state index contributed by atoms with van der Waals surface area (Å²) in [4.78, 5) is 4.74. The molecule has 2 aromatic rings. The molecule has 1 heterocycles. The fraction of sp³-hybridized carbons (Fsp3) is 0.458. The molecule has 0 bridgehead atoms. The predicted octanol–water partition coefficient (Wildman–Crippen LogP) is 4.91. The number of para-hydroxylation sites is 2. The summed E-state index contributed by atoms with van der Waals surface area (Å²) in [6.07, 6.45) is 5.57. The van der Waals surface area contributed by atoms with Crippen LogP contribution in [0.5, 0.6) is 17.2 Å². The van der Waals surface area contributed by atoms with Crippen LogP contribution in [0, 0.1) is 0 Å². The molecule has 2 aromatic carbocycles. The van der Waals surface area contributed by atoms with Crippen molar-refractivity contribution < 1.29 is 14.6 Å². The zero-order valence-electron chi connectivity index (χ0n) is 18.2.